The molecule has 22 heavy (non-hydrogen) atoms. The van der Waals surface area contributed by atoms with Crippen LogP contribution in [0.1, 0.15) is 52.5 Å². The highest BCUT2D eigenvalue weighted by atomic mass is 16.5. The number of nitrogens with zero attached hydrogens (tertiary/aromatic N) is 1. The number of rotatable bonds is 9. The molecule has 0 aliphatic carbocycles. The summed E-state index contributed by atoms with van der Waals surface area (Å²) < 4.78 is 5.63. The SMILES string of the molecule is CCCCN(CC)C(=O)CCc1ccc(OC(C)C)c(N)c1. The van der Waals surface area contributed by atoms with Crippen LogP contribution in [0.3, 0.4) is 0 Å². The fraction of sp³-hybridized carbons (Fsp3) is 0.611. The predicted molar refractivity (Wildman–Crippen MR) is 92.1 cm³/mol. The number of anilines is 1. The summed E-state index contributed by atoms with van der Waals surface area (Å²) in [5, 5.41) is 0. The summed E-state index contributed by atoms with van der Waals surface area (Å²) in [5.41, 5.74) is 7.72. The largest absolute Gasteiger partial charge is 0.489 e. The molecule has 4 heteroatoms. The van der Waals surface area contributed by atoms with Crippen molar-refractivity contribution in [2.24, 2.45) is 0 Å². The van der Waals surface area contributed by atoms with Crippen LogP contribution in [0.2, 0.25) is 0 Å². The number of unbranched alkanes of at least 4 members (excludes halogenated alkanes) is 1. The first kappa shape index (κ1) is 18.3. The van der Waals surface area contributed by atoms with Crippen molar-refractivity contribution in [1.29, 1.82) is 0 Å². The average molecular weight is 306 g/mol. The monoisotopic (exact) mass is 306 g/mol. The van der Waals surface area contributed by atoms with E-state index in [-0.39, 0.29) is 12.0 Å². The Morgan fingerprint density at radius 1 is 1.32 bits per heavy atom. The first-order valence-electron chi connectivity index (χ1n) is 8.30. The molecule has 0 heterocycles. The Bertz CT molecular complexity index is 472. The number of nitrogens with two attached hydrogens (primary N) is 1. The van der Waals surface area contributed by atoms with Crippen molar-refractivity contribution in [2.75, 3.05) is 18.8 Å². The highest BCUT2D eigenvalue weighted by Crippen LogP contribution is 2.24. The maximum Gasteiger partial charge on any atom is 0.222 e. The van der Waals surface area contributed by atoms with E-state index in [9.17, 15) is 4.79 Å². The van der Waals surface area contributed by atoms with Crippen molar-refractivity contribution in [3.05, 3.63) is 23.8 Å². The molecule has 0 unspecified atom stereocenters. The third-order valence-corrected chi connectivity index (χ3v) is 3.58. The Morgan fingerprint density at radius 3 is 2.59 bits per heavy atom. The lowest BCUT2D eigenvalue weighted by molar-refractivity contribution is -0.131. The lowest BCUT2D eigenvalue weighted by Crippen LogP contribution is -2.31. The minimum absolute atomic E-state index is 0.103. The van der Waals surface area contributed by atoms with Crippen LogP contribution < -0.4 is 10.5 Å². The van der Waals surface area contributed by atoms with Crippen LogP contribution in [0.25, 0.3) is 0 Å². The molecule has 1 rings (SSSR count). The number of ether oxygens (including phenoxy) is 1. The summed E-state index contributed by atoms with van der Waals surface area (Å²) in [6, 6.07) is 5.79. The first-order valence-corrected chi connectivity index (χ1v) is 8.30. The maximum absolute atomic E-state index is 12.2. The van der Waals surface area contributed by atoms with E-state index >= 15 is 0 Å². The van der Waals surface area contributed by atoms with E-state index in [1.165, 1.54) is 0 Å². The Kier molecular flexibility index (Phi) is 7.78. The first-order chi connectivity index (χ1) is 10.5. The molecule has 1 amide bonds. The number of amides is 1. The number of hydrogen-bond donors (Lipinski definition) is 1. The van der Waals surface area contributed by atoms with Gasteiger partial charge in [-0.1, -0.05) is 19.4 Å². The number of aryl methyl sites for hydroxylation is 1. The lowest BCUT2D eigenvalue weighted by Gasteiger charge is -2.20. The van der Waals surface area contributed by atoms with Gasteiger partial charge in [0.25, 0.3) is 0 Å². The van der Waals surface area contributed by atoms with Crippen molar-refractivity contribution in [1.82, 2.24) is 4.90 Å². The van der Waals surface area contributed by atoms with Gasteiger partial charge in [0.2, 0.25) is 5.91 Å². The quantitative estimate of drug-likeness (QED) is 0.709. The van der Waals surface area contributed by atoms with E-state index in [4.69, 9.17) is 10.5 Å². The third kappa shape index (κ3) is 5.96. The topological polar surface area (TPSA) is 55.6 Å². The number of carbonyl (C=O) groups excluding carboxylic acids is 1. The molecule has 4 nitrogen and oxygen atoms in total. The lowest BCUT2D eigenvalue weighted by atomic mass is 10.1. The van der Waals surface area contributed by atoms with Crippen LogP contribution in [0.5, 0.6) is 5.75 Å². The number of nitrogen functional groups attached to an aromatic ring is 1. The van der Waals surface area contributed by atoms with Crippen molar-refractivity contribution >= 4 is 11.6 Å². The van der Waals surface area contributed by atoms with Crippen molar-refractivity contribution < 1.29 is 9.53 Å². The summed E-state index contributed by atoms with van der Waals surface area (Å²) in [5.74, 6) is 0.931. The van der Waals surface area contributed by atoms with Gasteiger partial charge in [0.1, 0.15) is 5.75 Å². The predicted octanol–water partition coefficient (Wildman–Crippen LogP) is 3.64. The second-order valence-corrected chi connectivity index (χ2v) is 5.87. The summed E-state index contributed by atoms with van der Waals surface area (Å²) >= 11 is 0. The Balaban J connectivity index is 2.56. The smallest absolute Gasteiger partial charge is 0.222 e. The minimum Gasteiger partial charge on any atom is -0.489 e. The fourth-order valence-corrected chi connectivity index (χ4v) is 2.33. The van der Waals surface area contributed by atoms with Crippen LogP contribution in [0.4, 0.5) is 5.69 Å². The van der Waals surface area contributed by atoms with E-state index in [1.807, 2.05) is 43.9 Å². The molecular weight excluding hydrogens is 276 g/mol. The van der Waals surface area contributed by atoms with Gasteiger partial charge in [-0.25, -0.2) is 0 Å². The molecule has 0 saturated heterocycles. The van der Waals surface area contributed by atoms with E-state index in [0.29, 0.717) is 24.3 Å². The molecule has 0 radical (unpaired) electrons. The second kappa shape index (κ2) is 9.34. The second-order valence-electron chi connectivity index (χ2n) is 5.87. The molecule has 0 aliphatic rings. The minimum atomic E-state index is 0.103. The van der Waals surface area contributed by atoms with Gasteiger partial charge >= 0.3 is 0 Å². The molecule has 0 spiro atoms. The Labute approximate surface area is 134 Å². The Hall–Kier alpha value is -1.71. The zero-order chi connectivity index (χ0) is 16.5. The molecule has 0 bridgehead atoms. The maximum atomic E-state index is 12.2. The molecule has 1 aromatic carbocycles. The average Bonchev–Trinajstić information content (AvgIpc) is 2.48. The van der Waals surface area contributed by atoms with Gasteiger partial charge in [-0.3, -0.25) is 4.79 Å². The molecule has 0 saturated carbocycles. The van der Waals surface area contributed by atoms with E-state index in [1.54, 1.807) is 0 Å². The number of hydrogen-bond acceptors (Lipinski definition) is 3. The van der Waals surface area contributed by atoms with Gasteiger partial charge in [0.05, 0.1) is 11.8 Å². The normalized spacial score (nSPS) is 10.8. The van der Waals surface area contributed by atoms with Crippen LogP contribution in [-0.2, 0) is 11.2 Å². The van der Waals surface area contributed by atoms with E-state index in [0.717, 1.165) is 31.5 Å². The zero-order valence-electron chi connectivity index (χ0n) is 14.4. The molecule has 124 valence electrons. The fourth-order valence-electron chi connectivity index (χ4n) is 2.33. The molecule has 2 N–H and O–H groups in total. The standard InChI is InChI=1S/C18H30N2O2/c1-5-7-12-20(6-2)18(21)11-9-15-8-10-17(16(19)13-15)22-14(3)4/h8,10,13-14H,5-7,9,11-12,19H2,1-4H3. The van der Waals surface area contributed by atoms with Crippen molar-refractivity contribution in [2.45, 2.75) is 59.5 Å². The molecule has 0 atom stereocenters. The van der Waals surface area contributed by atoms with Crippen LogP contribution in [0, 0.1) is 0 Å². The van der Waals surface area contributed by atoms with Crippen LogP contribution in [0.15, 0.2) is 18.2 Å². The van der Waals surface area contributed by atoms with Gasteiger partial charge in [-0.15, -0.1) is 0 Å². The Morgan fingerprint density at radius 2 is 2.05 bits per heavy atom. The summed E-state index contributed by atoms with van der Waals surface area (Å²) in [4.78, 5) is 14.2. The van der Waals surface area contributed by atoms with Gasteiger partial charge in [-0.05, 0) is 51.3 Å². The third-order valence-electron chi connectivity index (χ3n) is 3.58. The highest BCUT2D eigenvalue weighted by Gasteiger charge is 2.11. The zero-order valence-corrected chi connectivity index (χ0v) is 14.4. The van der Waals surface area contributed by atoms with Gasteiger partial charge in [0, 0.05) is 19.5 Å². The summed E-state index contributed by atoms with van der Waals surface area (Å²) in [6.45, 7) is 9.76. The van der Waals surface area contributed by atoms with Crippen LogP contribution in [-0.4, -0.2) is 30.0 Å². The van der Waals surface area contributed by atoms with Crippen molar-refractivity contribution in [3.63, 3.8) is 0 Å². The summed E-state index contributed by atoms with van der Waals surface area (Å²) in [6.07, 6.45) is 3.52. The molecule has 0 aromatic heterocycles. The number of benzene rings is 1. The molecular formula is C18H30N2O2. The van der Waals surface area contributed by atoms with Crippen LogP contribution >= 0.6 is 0 Å². The van der Waals surface area contributed by atoms with Crippen molar-refractivity contribution in [3.8, 4) is 5.75 Å². The van der Waals surface area contributed by atoms with E-state index in [2.05, 4.69) is 6.92 Å². The van der Waals surface area contributed by atoms with Gasteiger partial charge in [0.15, 0.2) is 0 Å². The number of carbonyl (C=O) groups is 1. The summed E-state index contributed by atoms with van der Waals surface area (Å²) in [7, 11) is 0. The van der Waals surface area contributed by atoms with Gasteiger partial charge < -0.3 is 15.4 Å². The molecule has 1 aromatic rings. The van der Waals surface area contributed by atoms with Gasteiger partial charge in [-0.2, -0.15) is 0 Å². The van der Waals surface area contributed by atoms with E-state index < -0.39 is 0 Å². The highest BCUT2D eigenvalue weighted by molar-refractivity contribution is 5.76. The molecule has 0 fully saturated rings. The molecule has 0 aliphatic heterocycles.